The number of hydrogen-bond acceptors (Lipinski definition) is 3. The van der Waals surface area contributed by atoms with Gasteiger partial charge in [-0.1, -0.05) is 17.7 Å². The Bertz CT molecular complexity index is 959. The average Bonchev–Trinajstić information content (AvgIpc) is 2.84. The molecular formula is C19H18ClN3O3. The van der Waals surface area contributed by atoms with E-state index in [2.05, 4.69) is 9.88 Å². The zero-order valence-corrected chi connectivity index (χ0v) is 15.4. The molecule has 0 unspecified atom stereocenters. The maximum atomic E-state index is 12.9. The molecule has 2 aromatic rings. The quantitative estimate of drug-likeness (QED) is 0.663. The molecule has 26 heavy (non-hydrogen) atoms. The molecule has 4 amide bonds. The van der Waals surface area contributed by atoms with Crippen LogP contribution >= 0.6 is 11.6 Å². The minimum atomic E-state index is -0.793. The Balaban J connectivity index is 2.06. The van der Waals surface area contributed by atoms with Crippen LogP contribution in [0.25, 0.3) is 6.08 Å². The summed E-state index contributed by atoms with van der Waals surface area (Å²) in [7, 11) is 0. The number of barbiturate groups is 1. The number of imide groups is 2. The number of benzene rings is 1. The van der Waals surface area contributed by atoms with Crippen molar-refractivity contribution in [3.63, 3.8) is 0 Å². The van der Waals surface area contributed by atoms with Gasteiger partial charge in [-0.2, -0.15) is 0 Å². The number of anilines is 1. The van der Waals surface area contributed by atoms with Crippen LogP contribution < -0.4 is 10.2 Å². The molecule has 1 aromatic carbocycles. The maximum Gasteiger partial charge on any atom is 0.335 e. The van der Waals surface area contributed by atoms with Crippen LogP contribution in [0.5, 0.6) is 0 Å². The molecule has 1 aromatic heterocycles. The van der Waals surface area contributed by atoms with Gasteiger partial charge in [0.2, 0.25) is 0 Å². The predicted octanol–water partition coefficient (Wildman–Crippen LogP) is 3.44. The highest BCUT2D eigenvalue weighted by Gasteiger charge is 2.37. The summed E-state index contributed by atoms with van der Waals surface area (Å²) in [5, 5.41) is 2.60. The van der Waals surface area contributed by atoms with Gasteiger partial charge >= 0.3 is 6.03 Å². The molecule has 1 fully saturated rings. The van der Waals surface area contributed by atoms with E-state index in [1.807, 2.05) is 26.8 Å². The Morgan fingerprint density at radius 3 is 2.50 bits per heavy atom. The molecule has 1 aliphatic rings. The molecule has 0 atom stereocenters. The van der Waals surface area contributed by atoms with E-state index in [0.29, 0.717) is 10.7 Å². The predicted molar refractivity (Wildman–Crippen MR) is 100 cm³/mol. The number of hydrogen-bond donors (Lipinski definition) is 1. The first kappa shape index (κ1) is 17.9. The fourth-order valence-electron chi connectivity index (χ4n) is 3.12. The van der Waals surface area contributed by atoms with Crippen LogP contribution in [0.4, 0.5) is 10.5 Å². The van der Waals surface area contributed by atoms with Crippen LogP contribution in [0.2, 0.25) is 5.02 Å². The van der Waals surface area contributed by atoms with Crippen molar-refractivity contribution in [2.75, 3.05) is 4.90 Å². The SMILES string of the molecule is CCn1c(C)cc(/C=C2\C(=O)NC(=O)N(c3cccc(Cl)c3)C2=O)c1C. The van der Waals surface area contributed by atoms with Crippen molar-refractivity contribution in [1.82, 2.24) is 9.88 Å². The van der Waals surface area contributed by atoms with Crippen LogP contribution in [0.1, 0.15) is 23.9 Å². The van der Waals surface area contributed by atoms with E-state index in [4.69, 9.17) is 11.6 Å². The number of amides is 4. The van der Waals surface area contributed by atoms with Gasteiger partial charge in [0.15, 0.2) is 0 Å². The molecular weight excluding hydrogens is 354 g/mol. The molecule has 1 aliphatic heterocycles. The summed E-state index contributed by atoms with van der Waals surface area (Å²) in [5.74, 6) is -1.39. The van der Waals surface area contributed by atoms with Crippen molar-refractivity contribution in [1.29, 1.82) is 0 Å². The van der Waals surface area contributed by atoms with Crippen molar-refractivity contribution in [2.24, 2.45) is 0 Å². The second-order valence-corrected chi connectivity index (χ2v) is 6.44. The number of aromatic nitrogens is 1. The van der Waals surface area contributed by atoms with Crippen LogP contribution in [0.15, 0.2) is 35.9 Å². The molecule has 134 valence electrons. The number of urea groups is 1. The molecule has 0 spiro atoms. The van der Waals surface area contributed by atoms with E-state index in [1.165, 1.54) is 12.1 Å². The van der Waals surface area contributed by atoms with E-state index in [9.17, 15) is 14.4 Å². The normalized spacial score (nSPS) is 16.4. The topological polar surface area (TPSA) is 71.4 Å². The number of carbonyl (C=O) groups excluding carboxylic acids is 3. The number of halogens is 1. The summed E-state index contributed by atoms with van der Waals surface area (Å²) in [5.41, 5.74) is 2.95. The molecule has 0 bridgehead atoms. The number of nitrogens with one attached hydrogen (secondary N) is 1. The van der Waals surface area contributed by atoms with E-state index in [0.717, 1.165) is 28.4 Å². The highest BCUT2D eigenvalue weighted by Crippen LogP contribution is 2.25. The molecule has 0 aliphatic carbocycles. The van der Waals surface area contributed by atoms with Crippen molar-refractivity contribution in [3.05, 3.63) is 57.9 Å². The third kappa shape index (κ3) is 3.04. The largest absolute Gasteiger partial charge is 0.349 e. The highest BCUT2D eigenvalue weighted by molar-refractivity contribution is 6.39. The summed E-state index contributed by atoms with van der Waals surface area (Å²) in [4.78, 5) is 38.2. The van der Waals surface area contributed by atoms with Crippen molar-refractivity contribution >= 4 is 41.2 Å². The number of aryl methyl sites for hydroxylation is 1. The minimum absolute atomic E-state index is 0.0964. The smallest absolute Gasteiger partial charge is 0.335 e. The molecule has 3 rings (SSSR count). The van der Waals surface area contributed by atoms with Crippen molar-refractivity contribution < 1.29 is 14.4 Å². The summed E-state index contributed by atoms with van der Waals surface area (Å²) >= 11 is 5.96. The first-order chi connectivity index (χ1) is 12.3. The molecule has 1 saturated heterocycles. The van der Waals surface area contributed by atoms with Gasteiger partial charge in [0, 0.05) is 23.0 Å². The van der Waals surface area contributed by atoms with Gasteiger partial charge in [0.05, 0.1) is 5.69 Å². The van der Waals surface area contributed by atoms with Crippen LogP contribution in [-0.4, -0.2) is 22.4 Å². The Labute approximate surface area is 156 Å². The monoisotopic (exact) mass is 371 g/mol. The maximum absolute atomic E-state index is 12.9. The van der Waals surface area contributed by atoms with Gasteiger partial charge in [-0.15, -0.1) is 0 Å². The van der Waals surface area contributed by atoms with Gasteiger partial charge < -0.3 is 4.57 Å². The van der Waals surface area contributed by atoms with Gasteiger partial charge in [-0.3, -0.25) is 14.9 Å². The van der Waals surface area contributed by atoms with Crippen LogP contribution in [-0.2, 0) is 16.1 Å². The first-order valence-corrected chi connectivity index (χ1v) is 8.55. The lowest BCUT2D eigenvalue weighted by atomic mass is 10.1. The second-order valence-electron chi connectivity index (χ2n) is 6.01. The van der Waals surface area contributed by atoms with E-state index in [1.54, 1.807) is 18.2 Å². The molecule has 7 heteroatoms. The fourth-order valence-corrected chi connectivity index (χ4v) is 3.31. The number of nitrogens with zero attached hydrogens (tertiary/aromatic N) is 2. The molecule has 2 heterocycles. The van der Waals surface area contributed by atoms with E-state index >= 15 is 0 Å². The number of rotatable bonds is 3. The molecule has 6 nitrogen and oxygen atoms in total. The summed E-state index contributed by atoms with van der Waals surface area (Å²) in [6, 6.07) is 7.46. The van der Waals surface area contributed by atoms with E-state index in [-0.39, 0.29) is 5.57 Å². The summed E-state index contributed by atoms with van der Waals surface area (Å²) < 4.78 is 2.08. The Morgan fingerprint density at radius 1 is 1.15 bits per heavy atom. The van der Waals surface area contributed by atoms with Gasteiger partial charge in [-0.05, 0) is 56.7 Å². The van der Waals surface area contributed by atoms with Gasteiger partial charge in [0.25, 0.3) is 11.8 Å². The van der Waals surface area contributed by atoms with Crippen LogP contribution in [0.3, 0.4) is 0 Å². The summed E-state index contributed by atoms with van der Waals surface area (Å²) in [6.45, 7) is 6.69. The number of carbonyl (C=O) groups is 3. The fraction of sp³-hybridized carbons (Fsp3) is 0.211. The first-order valence-electron chi connectivity index (χ1n) is 8.17. The lowest BCUT2D eigenvalue weighted by Gasteiger charge is -2.26. The average molecular weight is 372 g/mol. The zero-order valence-electron chi connectivity index (χ0n) is 14.7. The zero-order chi connectivity index (χ0) is 19.0. The molecule has 1 N–H and O–H groups in total. The summed E-state index contributed by atoms with van der Waals surface area (Å²) in [6.07, 6.45) is 1.52. The Morgan fingerprint density at radius 2 is 1.88 bits per heavy atom. The Kier molecular flexibility index (Phi) is 4.70. The van der Waals surface area contributed by atoms with E-state index < -0.39 is 17.8 Å². The second kappa shape index (κ2) is 6.80. The van der Waals surface area contributed by atoms with Gasteiger partial charge in [0.1, 0.15) is 5.57 Å². The lowest BCUT2D eigenvalue weighted by molar-refractivity contribution is -0.122. The molecule has 0 saturated carbocycles. The van der Waals surface area contributed by atoms with Gasteiger partial charge in [-0.25, -0.2) is 9.69 Å². The minimum Gasteiger partial charge on any atom is -0.349 e. The van der Waals surface area contributed by atoms with Crippen molar-refractivity contribution in [3.8, 4) is 0 Å². The standard InChI is InChI=1S/C19H18ClN3O3/c1-4-22-11(2)8-13(12(22)3)9-16-17(24)21-19(26)23(18(16)25)15-7-5-6-14(20)10-15/h5-10H,4H2,1-3H3,(H,21,24,26)/b16-9+. The third-order valence-corrected chi connectivity index (χ3v) is 4.63. The lowest BCUT2D eigenvalue weighted by Crippen LogP contribution is -2.54. The van der Waals surface area contributed by atoms with Crippen LogP contribution in [0, 0.1) is 13.8 Å². The Hall–Kier alpha value is -2.86. The van der Waals surface area contributed by atoms with Crippen molar-refractivity contribution in [2.45, 2.75) is 27.3 Å². The third-order valence-electron chi connectivity index (χ3n) is 4.40. The highest BCUT2D eigenvalue weighted by atomic mass is 35.5. The molecule has 0 radical (unpaired) electrons.